The average Bonchev–Trinajstić information content (AvgIpc) is 1.87. The Kier molecular flexibility index (Phi) is 1.44. The lowest BCUT2D eigenvalue weighted by atomic mass is 10.2. The Hall–Kier alpha value is 0.110. The molecule has 0 aromatic rings. The SMILES string of the molecule is CC1CNS(=O)C1. The maximum atomic E-state index is 10.5. The predicted octanol–water partition coefficient (Wildman–Crippen LogP) is -0.111. The van der Waals surface area contributed by atoms with Crippen molar-refractivity contribution < 1.29 is 4.21 Å². The van der Waals surface area contributed by atoms with Gasteiger partial charge in [-0.25, -0.2) is 8.93 Å². The Morgan fingerprint density at radius 1 is 1.86 bits per heavy atom. The standard InChI is InChI=1S/C4H9NOS/c1-4-2-5-7(6)3-4/h4-5H,2-3H2,1H3. The van der Waals surface area contributed by atoms with Gasteiger partial charge in [-0.3, -0.25) is 0 Å². The lowest BCUT2D eigenvalue weighted by Crippen LogP contribution is -2.08. The van der Waals surface area contributed by atoms with Gasteiger partial charge in [0.25, 0.3) is 0 Å². The van der Waals surface area contributed by atoms with Crippen molar-refractivity contribution in [3.8, 4) is 0 Å². The van der Waals surface area contributed by atoms with Gasteiger partial charge in [0.1, 0.15) is 0 Å². The van der Waals surface area contributed by atoms with Crippen molar-refractivity contribution in [3.63, 3.8) is 0 Å². The molecule has 2 atom stereocenters. The van der Waals surface area contributed by atoms with Crippen molar-refractivity contribution in [1.29, 1.82) is 0 Å². The zero-order chi connectivity index (χ0) is 5.28. The fourth-order valence-corrected chi connectivity index (χ4v) is 1.83. The topological polar surface area (TPSA) is 29.1 Å². The molecule has 0 spiro atoms. The second-order valence-electron chi connectivity index (χ2n) is 1.97. The molecule has 1 N–H and O–H groups in total. The summed E-state index contributed by atoms with van der Waals surface area (Å²) in [6, 6.07) is 0. The van der Waals surface area contributed by atoms with E-state index in [1.165, 1.54) is 0 Å². The molecule has 0 aliphatic carbocycles. The molecule has 0 radical (unpaired) electrons. The summed E-state index contributed by atoms with van der Waals surface area (Å²) in [5, 5.41) is 0. The Bertz CT molecular complexity index is 93.7. The molecule has 3 heteroatoms. The van der Waals surface area contributed by atoms with Crippen LogP contribution >= 0.6 is 0 Å². The normalized spacial score (nSPS) is 41.9. The summed E-state index contributed by atoms with van der Waals surface area (Å²) >= 11 is 0. The van der Waals surface area contributed by atoms with Gasteiger partial charge >= 0.3 is 0 Å². The van der Waals surface area contributed by atoms with Crippen molar-refractivity contribution in [3.05, 3.63) is 0 Å². The number of nitrogens with one attached hydrogen (secondary N) is 1. The summed E-state index contributed by atoms with van der Waals surface area (Å²) in [6.45, 7) is 3.02. The summed E-state index contributed by atoms with van der Waals surface area (Å²) in [7, 11) is -0.703. The van der Waals surface area contributed by atoms with Crippen LogP contribution in [0.15, 0.2) is 0 Å². The minimum absolute atomic E-state index is 0.612. The van der Waals surface area contributed by atoms with Crippen LogP contribution in [0.2, 0.25) is 0 Å². The molecule has 1 rings (SSSR count). The maximum Gasteiger partial charge on any atom is 0.0918 e. The molecule has 42 valence electrons. The fraction of sp³-hybridized carbons (Fsp3) is 1.00. The third-order valence-corrected chi connectivity index (χ3v) is 2.39. The van der Waals surface area contributed by atoms with Crippen LogP contribution < -0.4 is 4.72 Å². The zero-order valence-corrected chi connectivity index (χ0v) is 5.12. The highest BCUT2D eigenvalue weighted by atomic mass is 32.2. The van der Waals surface area contributed by atoms with E-state index in [0.29, 0.717) is 5.92 Å². The lowest BCUT2D eigenvalue weighted by Gasteiger charge is -1.88. The van der Waals surface area contributed by atoms with E-state index < -0.39 is 11.0 Å². The summed E-state index contributed by atoms with van der Waals surface area (Å²) < 4.78 is 13.3. The molecular weight excluding hydrogens is 110 g/mol. The van der Waals surface area contributed by atoms with Crippen molar-refractivity contribution in [2.75, 3.05) is 12.3 Å². The highest BCUT2D eigenvalue weighted by Crippen LogP contribution is 2.01. The van der Waals surface area contributed by atoms with Crippen LogP contribution in [0.4, 0.5) is 0 Å². The predicted molar refractivity (Wildman–Crippen MR) is 30.2 cm³/mol. The molecule has 0 saturated carbocycles. The second kappa shape index (κ2) is 1.92. The Labute approximate surface area is 45.9 Å². The van der Waals surface area contributed by atoms with Crippen LogP contribution in [0.3, 0.4) is 0 Å². The quantitative estimate of drug-likeness (QED) is 0.473. The number of rotatable bonds is 0. The van der Waals surface area contributed by atoms with Crippen molar-refractivity contribution in [1.82, 2.24) is 4.72 Å². The molecule has 1 heterocycles. The van der Waals surface area contributed by atoms with Gasteiger partial charge in [-0.1, -0.05) is 6.92 Å². The van der Waals surface area contributed by atoms with Crippen LogP contribution in [-0.2, 0) is 11.0 Å². The molecule has 0 amide bonds. The smallest absolute Gasteiger partial charge is 0.0918 e. The van der Waals surface area contributed by atoms with Gasteiger partial charge in [0.05, 0.1) is 11.0 Å². The Morgan fingerprint density at radius 3 is 2.71 bits per heavy atom. The Morgan fingerprint density at radius 2 is 2.57 bits per heavy atom. The molecule has 1 saturated heterocycles. The van der Waals surface area contributed by atoms with Crippen LogP contribution in [0.5, 0.6) is 0 Å². The third-order valence-electron chi connectivity index (χ3n) is 1.03. The van der Waals surface area contributed by atoms with Crippen LogP contribution in [-0.4, -0.2) is 16.5 Å². The molecule has 0 aromatic carbocycles. The van der Waals surface area contributed by atoms with Gasteiger partial charge in [0.15, 0.2) is 0 Å². The van der Waals surface area contributed by atoms with Crippen molar-refractivity contribution in [2.24, 2.45) is 5.92 Å². The second-order valence-corrected chi connectivity index (χ2v) is 3.28. The summed E-state index contributed by atoms with van der Waals surface area (Å²) in [6.07, 6.45) is 0. The molecule has 1 fully saturated rings. The van der Waals surface area contributed by atoms with E-state index in [2.05, 4.69) is 11.6 Å². The molecule has 2 nitrogen and oxygen atoms in total. The minimum atomic E-state index is -0.703. The first-order chi connectivity index (χ1) is 3.29. The molecule has 7 heavy (non-hydrogen) atoms. The summed E-state index contributed by atoms with van der Waals surface area (Å²) in [5.41, 5.74) is 0. The van der Waals surface area contributed by atoms with Gasteiger partial charge in [-0.2, -0.15) is 0 Å². The molecule has 1 aliphatic rings. The first-order valence-electron chi connectivity index (χ1n) is 2.41. The number of hydrogen-bond acceptors (Lipinski definition) is 1. The van der Waals surface area contributed by atoms with E-state index in [1.54, 1.807) is 0 Å². The molecule has 0 bridgehead atoms. The average molecular weight is 119 g/mol. The highest BCUT2D eigenvalue weighted by molar-refractivity contribution is 7.83. The van der Waals surface area contributed by atoms with E-state index in [-0.39, 0.29) is 0 Å². The first kappa shape index (κ1) is 5.25. The van der Waals surface area contributed by atoms with Gasteiger partial charge in [0, 0.05) is 12.3 Å². The van der Waals surface area contributed by atoms with Gasteiger partial charge in [0.2, 0.25) is 0 Å². The van der Waals surface area contributed by atoms with E-state index >= 15 is 0 Å². The Balaban J connectivity index is 2.40. The molecule has 0 aromatic heterocycles. The van der Waals surface area contributed by atoms with E-state index in [1.807, 2.05) is 0 Å². The van der Waals surface area contributed by atoms with Crippen LogP contribution in [0.25, 0.3) is 0 Å². The largest absolute Gasteiger partial charge is 0.243 e. The minimum Gasteiger partial charge on any atom is -0.243 e. The monoisotopic (exact) mass is 119 g/mol. The van der Waals surface area contributed by atoms with Gasteiger partial charge in [-0.05, 0) is 5.92 Å². The van der Waals surface area contributed by atoms with Crippen LogP contribution in [0, 0.1) is 5.92 Å². The van der Waals surface area contributed by atoms with Crippen LogP contribution in [0.1, 0.15) is 6.92 Å². The zero-order valence-electron chi connectivity index (χ0n) is 4.31. The number of hydrogen-bond donors (Lipinski definition) is 1. The van der Waals surface area contributed by atoms with E-state index in [4.69, 9.17) is 0 Å². The molecular formula is C4H9NOS. The fourth-order valence-electron chi connectivity index (χ4n) is 0.611. The van der Waals surface area contributed by atoms with E-state index in [9.17, 15) is 4.21 Å². The van der Waals surface area contributed by atoms with Gasteiger partial charge < -0.3 is 0 Å². The van der Waals surface area contributed by atoms with Crippen molar-refractivity contribution >= 4 is 11.0 Å². The van der Waals surface area contributed by atoms with Gasteiger partial charge in [-0.15, -0.1) is 0 Å². The lowest BCUT2D eigenvalue weighted by molar-refractivity contribution is 0.682. The summed E-state index contributed by atoms with van der Waals surface area (Å²) in [5.74, 6) is 1.45. The van der Waals surface area contributed by atoms with Crippen molar-refractivity contribution in [2.45, 2.75) is 6.92 Å². The summed E-state index contributed by atoms with van der Waals surface area (Å²) in [4.78, 5) is 0. The first-order valence-corrected chi connectivity index (χ1v) is 3.73. The van der Waals surface area contributed by atoms with E-state index in [0.717, 1.165) is 12.3 Å². The molecule has 2 unspecified atom stereocenters. The maximum absolute atomic E-state index is 10.5. The third kappa shape index (κ3) is 1.24. The molecule has 1 aliphatic heterocycles. The highest BCUT2D eigenvalue weighted by Gasteiger charge is 2.14.